The number of halogens is 1. The van der Waals surface area contributed by atoms with Crippen molar-refractivity contribution in [2.45, 2.75) is 0 Å². The molecule has 0 aliphatic carbocycles. The van der Waals surface area contributed by atoms with Crippen LogP contribution in [-0.4, -0.2) is 26.2 Å². The molecular formula is C17H11ClN4O2S. The van der Waals surface area contributed by atoms with E-state index in [1.54, 1.807) is 48.5 Å². The highest BCUT2D eigenvalue weighted by atomic mass is 35.5. The SMILES string of the molecule is O=C(Nc1nc2ccc(Cl)cc2s1)c1cc(-c2ccccc2O)n[nH]1. The second kappa shape index (κ2) is 6.19. The molecule has 2 heterocycles. The van der Waals surface area contributed by atoms with E-state index in [0.29, 0.717) is 21.4 Å². The van der Waals surface area contributed by atoms with Gasteiger partial charge in [0.05, 0.1) is 15.9 Å². The van der Waals surface area contributed by atoms with Crippen molar-refractivity contribution < 1.29 is 9.90 Å². The third-order valence-electron chi connectivity index (χ3n) is 3.57. The maximum absolute atomic E-state index is 12.4. The molecule has 8 heteroatoms. The van der Waals surface area contributed by atoms with Crippen LogP contribution in [0.4, 0.5) is 5.13 Å². The summed E-state index contributed by atoms with van der Waals surface area (Å²) in [5, 5.41) is 20.5. The lowest BCUT2D eigenvalue weighted by molar-refractivity contribution is 0.102. The van der Waals surface area contributed by atoms with Gasteiger partial charge in [-0.15, -0.1) is 0 Å². The Labute approximate surface area is 151 Å². The highest BCUT2D eigenvalue weighted by Gasteiger charge is 2.15. The number of para-hydroxylation sites is 1. The molecule has 0 saturated carbocycles. The molecule has 1 amide bonds. The number of benzene rings is 2. The second-order valence-electron chi connectivity index (χ2n) is 5.27. The minimum Gasteiger partial charge on any atom is -0.507 e. The number of aromatic amines is 1. The predicted molar refractivity (Wildman–Crippen MR) is 98.3 cm³/mol. The topological polar surface area (TPSA) is 90.9 Å². The molecule has 0 radical (unpaired) electrons. The Morgan fingerprint density at radius 1 is 1.20 bits per heavy atom. The van der Waals surface area contributed by atoms with Crippen molar-refractivity contribution in [3.8, 4) is 17.0 Å². The number of nitrogens with one attached hydrogen (secondary N) is 2. The fraction of sp³-hybridized carbons (Fsp3) is 0. The van der Waals surface area contributed by atoms with Crippen LogP contribution in [0.25, 0.3) is 21.5 Å². The van der Waals surface area contributed by atoms with Crippen LogP contribution in [0.2, 0.25) is 5.02 Å². The van der Waals surface area contributed by atoms with Crippen molar-refractivity contribution in [1.29, 1.82) is 0 Å². The third-order valence-corrected chi connectivity index (χ3v) is 4.74. The normalized spacial score (nSPS) is 10.9. The van der Waals surface area contributed by atoms with Crippen LogP contribution in [0.3, 0.4) is 0 Å². The Morgan fingerprint density at radius 3 is 2.88 bits per heavy atom. The summed E-state index contributed by atoms with van der Waals surface area (Å²) in [6.07, 6.45) is 0. The Kier molecular flexibility index (Phi) is 3.87. The summed E-state index contributed by atoms with van der Waals surface area (Å²) >= 11 is 7.30. The summed E-state index contributed by atoms with van der Waals surface area (Å²) < 4.78 is 0.891. The zero-order valence-electron chi connectivity index (χ0n) is 12.7. The Bertz CT molecular complexity index is 1090. The molecule has 0 aliphatic rings. The summed E-state index contributed by atoms with van der Waals surface area (Å²) in [6, 6.07) is 13.7. The third kappa shape index (κ3) is 3.07. The van der Waals surface area contributed by atoms with E-state index in [9.17, 15) is 9.90 Å². The minimum atomic E-state index is -0.362. The van der Waals surface area contributed by atoms with E-state index in [4.69, 9.17) is 11.6 Å². The van der Waals surface area contributed by atoms with Crippen LogP contribution in [0.15, 0.2) is 48.5 Å². The van der Waals surface area contributed by atoms with E-state index < -0.39 is 0 Å². The van der Waals surface area contributed by atoms with Crippen molar-refractivity contribution in [1.82, 2.24) is 15.2 Å². The van der Waals surface area contributed by atoms with Gasteiger partial charge in [0.1, 0.15) is 11.4 Å². The maximum Gasteiger partial charge on any atom is 0.275 e. The number of nitrogens with zero attached hydrogens (tertiary/aromatic N) is 2. The number of rotatable bonds is 3. The van der Waals surface area contributed by atoms with Crippen LogP contribution in [0, 0.1) is 0 Å². The quantitative estimate of drug-likeness (QED) is 0.501. The average Bonchev–Trinajstić information content (AvgIpc) is 3.21. The molecule has 2 aromatic heterocycles. The number of H-pyrrole nitrogens is 1. The first-order chi connectivity index (χ1) is 12.1. The molecule has 0 spiro atoms. The fourth-order valence-electron chi connectivity index (χ4n) is 2.38. The molecule has 25 heavy (non-hydrogen) atoms. The molecule has 3 N–H and O–H groups in total. The number of carbonyl (C=O) groups is 1. The van der Waals surface area contributed by atoms with E-state index >= 15 is 0 Å². The monoisotopic (exact) mass is 370 g/mol. The van der Waals surface area contributed by atoms with Crippen LogP contribution in [0.5, 0.6) is 5.75 Å². The number of carbonyl (C=O) groups excluding carboxylic acids is 1. The molecular weight excluding hydrogens is 360 g/mol. The van der Waals surface area contributed by atoms with Gasteiger partial charge in [0.15, 0.2) is 5.13 Å². The summed E-state index contributed by atoms with van der Waals surface area (Å²) in [7, 11) is 0. The number of thiazole rings is 1. The van der Waals surface area contributed by atoms with Crippen molar-refractivity contribution in [2.75, 3.05) is 5.32 Å². The summed E-state index contributed by atoms with van der Waals surface area (Å²) in [4.78, 5) is 16.7. The number of hydrogen-bond acceptors (Lipinski definition) is 5. The number of phenolic OH excluding ortho intramolecular Hbond substituents is 1. The summed E-state index contributed by atoms with van der Waals surface area (Å²) in [5.74, 6) is -0.261. The number of amides is 1. The Hall–Kier alpha value is -2.90. The zero-order valence-corrected chi connectivity index (χ0v) is 14.2. The number of fused-ring (bicyclic) bond motifs is 1. The molecule has 0 fully saturated rings. The van der Waals surface area contributed by atoms with Crippen LogP contribution in [-0.2, 0) is 0 Å². The molecule has 0 unspecified atom stereocenters. The van der Waals surface area contributed by atoms with Gasteiger partial charge >= 0.3 is 0 Å². The first-order valence-electron chi connectivity index (χ1n) is 7.31. The fourth-order valence-corrected chi connectivity index (χ4v) is 3.52. The van der Waals surface area contributed by atoms with Gasteiger partial charge in [-0.3, -0.25) is 15.2 Å². The minimum absolute atomic E-state index is 0.101. The van der Waals surface area contributed by atoms with Crippen LogP contribution < -0.4 is 5.32 Å². The lowest BCUT2D eigenvalue weighted by Crippen LogP contribution is -2.11. The Balaban J connectivity index is 1.58. The molecule has 2 aromatic carbocycles. The molecule has 4 rings (SSSR count). The van der Waals surface area contributed by atoms with Gasteiger partial charge in [0.25, 0.3) is 5.91 Å². The number of aromatic nitrogens is 3. The van der Waals surface area contributed by atoms with Crippen molar-refractivity contribution >= 4 is 44.2 Å². The first kappa shape index (κ1) is 15.6. The van der Waals surface area contributed by atoms with Crippen molar-refractivity contribution in [3.63, 3.8) is 0 Å². The van der Waals surface area contributed by atoms with Crippen LogP contribution in [0.1, 0.15) is 10.5 Å². The maximum atomic E-state index is 12.4. The molecule has 0 atom stereocenters. The molecule has 0 bridgehead atoms. The van der Waals surface area contributed by atoms with E-state index in [1.165, 1.54) is 11.3 Å². The number of anilines is 1. The summed E-state index contributed by atoms with van der Waals surface area (Å²) in [6.45, 7) is 0. The van der Waals surface area contributed by atoms with Crippen molar-refractivity contribution in [3.05, 3.63) is 59.2 Å². The van der Waals surface area contributed by atoms with Gasteiger partial charge < -0.3 is 5.11 Å². The van der Waals surface area contributed by atoms with Gasteiger partial charge in [0.2, 0.25) is 0 Å². The summed E-state index contributed by atoms with van der Waals surface area (Å²) in [5.41, 5.74) is 2.08. The second-order valence-corrected chi connectivity index (χ2v) is 6.74. The van der Waals surface area contributed by atoms with Gasteiger partial charge in [-0.25, -0.2) is 4.98 Å². The van der Waals surface area contributed by atoms with E-state index in [0.717, 1.165) is 10.2 Å². The number of hydrogen-bond donors (Lipinski definition) is 3. The number of aromatic hydroxyl groups is 1. The van der Waals surface area contributed by atoms with Gasteiger partial charge in [-0.05, 0) is 36.4 Å². The highest BCUT2D eigenvalue weighted by molar-refractivity contribution is 7.22. The first-order valence-corrected chi connectivity index (χ1v) is 8.51. The van der Waals surface area contributed by atoms with E-state index in [-0.39, 0.29) is 17.4 Å². The van der Waals surface area contributed by atoms with E-state index in [1.807, 2.05) is 0 Å². The molecule has 124 valence electrons. The highest BCUT2D eigenvalue weighted by Crippen LogP contribution is 2.29. The van der Waals surface area contributed by atoms with Gasteiger partial charge in [-0.2, -0.15) is 5.10 Å². The number of phenols is 1. The molecule has 4 aromatic rings. The standard InChI is InChI=1S/C17H11ClN4O2S/c18-9-5-6-11-15(7-9)25-17(19-11)20-16(24)13-8-12(21-22-13)10-3-1-2-4-14(10)23/h1-8,23H,(H,21,22)(H,19,20,24). The molecule has 0 saturated heterocycles. The molecule has 0 aliphatic heterocycles. The average molecular weight is 371 g/mol. The lowest BCUT2D eigenvalue weighted by atomic mass is 10.1. The zero-order chi connectivity index (χ0) is 17.4. The van der Waals surface area contributed by atoms with E-state index in [2.05, 4.69) is 20.5 Å². The van der Waals surface area contributed by atoms with Crippen LogP contribution >= 0.6 is 22.9 Å². The smallest absolute Gasteiger partial charge is 0.275 e. The predicted octanol–water partition coefficient (Wildman–Crippen LogP) is 4.30. The largest absolute Gasteiger partial charge is 0.507 e. The molecule has 6 nitrogen and oxygen atoms in total. The lowest BCUT2D eigenvalue weighted by Gasteiger charge is -1.99. The van der Waals surface area contributed by atoms with Crippen molar-refractivity contribution in [2.24, 2.45) is 0 Å². The Morgan fingerprint density at radius 2 is 2.04 bits per heavy atom. The van der Waals surface area contributed by atoms with Gasteiger partial charge in [-0.1, -0.05) is 35.1 Å². The van der Waals surface area contributed by atoms with Gasteiger partial charge in [0, 0.05) is 10.6 Å².